The van der Waals surface area contributed by atoms with Crippen molar-refractivity contribution in [1.29, 1.82) is 5.41 Å². The highest BCUT2D eigenvalue weighted by Gasteiger charge is 2.24. The number of nitrogens with two attached hydrogens (primary N) is 1. The fourth-order valence-corrected chi connectivity index (χ4v) is 3.22. The minimum atomic E-state index is -0.681. The zero-order valence-electron chi connectivity index (χ0n) is 19.5. The molecule has 0 aliphatic heterocycles. The van der Waals surface area contributed by atoms with Gasteiger partial charge in [0.2, 0.25) is 5.91 Å². The zero-order chi connectivity index (χ0) is 25.0. The zero-order valence-corrected chi connectivity index (χ0v) is 19.5. The first-order valence-corrected chi connectivity index (χ1v) is 10.8. The highest BCUT2D eigenvalue weighted by molar-refractivity contribution is 5.93. The average Bonchev–Trinajstić information content (AvgIpc) is 2.86. The van der Waals surface area contributed by atoms with Crippen LogP contribution in [0.2, 0.25) is 0 Å². The van der Waals surface area contributed by atoms with Crippen LogP contribution in [0, 0.1) is 5.41 Å². The number of amidine groups is 1. The molecule has 0 saturated heterocycles. The normalized spacial score (nSPS) is 11.7. The predicted molar refractivity (Wildman–Crippen MR) is 133 cm³/mol. The number of hydrogen-bond donors (Lipinski definition) is 3. The molecule has 3 aromatic rings. The average molecular weight is 477 g/mol. The molecule has 1 atom stereocenters. The van der Waals surface area contributed by atoms with Crippen LogP contribution in [0.4, 0.5) is 5.69 Å². The van der Waals surface area contributed by atoms with Crippen LogP contribution in [0.1, 0.15) is 0 Å². The summed E-state index contributed by atoms with van der Waals surface area (Å²) in [6.07, 6.45) is 0. The monoisotopic (exact) mass is 476 g/mol. The molecule has 1 amide bonds. The molecule has 182 valence electrons. The quantitative estimate of drug-likeness (QED) is 0.125. The van der Waals surface area contributed by atoms with Crippen LogP contribution in [0.25, 0.3) is 0 Å². The van der Waals surface area contributed by atoms with E-state index in [-0.39, 0.29) is 24.9 Å². The first kappa shape index (κ1) is 25.2. The van der Waals surface area contributed by atoms with E-state index in [1.54, 1.807) is 55.5 Å². The number of nitrogens with zero attached hydrogens (tertiary/aromatic N) is 3. The number of rotatable bonds is 11. The van der Waals surface area contributed by atoms with Gasteiger partial charge in [-0.1, -0.05) is 35.6 Å². The number of methoxy groups -OCH3 is 1. The van der Waals surface area contributed by atoms with Gasteiger partial charge in [-0.25, -0.2) is 0 Å². The van der Waals surface area contributed by atoms with Crippen molar-refractivity contribution in [1.82, 2.24) is 4.90 Å². The Balaban J connectivity index is 1.59. The van der Waals surface area contributed by atoms with E-state index in [2.05, 4.69) is 15.7 Å². The third kappa shape index (κ3) is 7.54. The van der Waals surface area contributed by atoms with Gasteiger partial charge in [-0.15, -0.1) is 5.11 Å². The summed E-state index contributed by atoms with van der Waals surface area (Å²) in [5, 5.41) is 17.8. The van der Waals surface area contributed by atoms with Gasteiger partial charge in [0.1, 0.15) is 24.1 Å². The molecule has 0 aromatic heterocycles. The number of carbonyl (C=O) groups is 1. The van der Waals surface area contributed by atoms with Gasteiger partial charge in [-0.3, -0.25) is 15.1 Å². The molecule has 0 saturated carbocycles. The number of amides is 1. The highest BCUT2D eigenvalue weighted by Crippen LogP contribution is 2.26. The number of anilines is 1. The summed E-state index contributed by atoms with van der Waals surface area (Å²) in [6, 6.07) is 22.9. The van der Waals surface area contributed by atoms with Crippen molar-refractivity contribution in [3.63, 3.8) is 0 Å². The molecule has 35 heavy (non-hydrogen) atoms. The second kappa shape index (κ2) is 12.7. The number of carbonyl (C=O) groups excluding carboxylic acids is 1. The fraction of sp³-hybridized carbons (Fsp3) is 0.200. The van der Waals surface area contributed by atoms with Gasteiger partial charge in [0, 0.05) is 5.69 Å². The van der Waals surface area contributed by atoms with Crippen LogP contribution < -0.4 is 25.4 Å². The van der Waals surface area contributed by atoms with E-state index < -0.39 is 6.04 Å². The maximum Gasteiger partial charge on any atom is 0.238 e. The fourth-order valence-electron chi connectivity index (χ4n) is 3.22. The van der Waals surface area contributed by atoms with Gasteiger partial charge in [0.15, 0.2) is 17.3 Å². The molecule has 0 aliphatic rings. The lowest BCUT2D eigenvalue weighted by molar-refractivity contribution is -0.117. The molecule has 10 heteroatoms. The van der Waals surface area contributed by atoms with Gasteiger partial charge in [0.25, 0.3) is 0 Å². The molecule has 0 aliphatic carbocycles. The van der Waals surface area contributed by atoms with Crippen LogP contribution in [-0.2, 0) is 4.79 Å². The van der Waals surface area contributed by atoms with E-state index in [0.29, 0.717) is 22.9 Å². The first-order valence-electron chi connectivity index (χ1n) is 10.8. The van der Waals surface area contributed by atoms with Crippen molar-refractivity contribution in [3.05, 3.63) is 78.9 Å². The third-order valence-electron chi connectivity index (χ3n) is 4.99. The molecule has 3 rings (SSSR count). The Labute approximate surface area is 203 Å². The Kier molecular flexibility index (Phi) is 9.14. The molecule has 4 N–H and O–H groups in total. The smallest absolute Gasteiger partial charge is 0.238 e. The van der Waals surface area contributed by atoms with Crippen LogP contribution in [0.15, 0.2) is 89.2 Å². The number of para-hydroxylation sites is 3. The molecule has 10 nitrogen and oxygen atoms in total. The van der Waals surface area contributed by atoms with Crippen molar-refractivity contribution in [2.24, 2.45) is 16.2 Å². The Morgan fingerprint density at radius 3 is 2.29 bits per heavy atom. The minimum Gasteiger partial charge on any atom is -0.493 e. The Hall–Kier alpha value is -4.44. The van der Waals surface area contributed by atoms with Crippen LogP contribution in [-0.4, -0.2) is 50.0 Å². The second-order valence-corrected chi connectivity index (χ2v) is 7.48. The summed E-state index contributed by atoms with van der Waals surface area (Å²) >= 11 is 0. The van der Waals surface area contributed by atoms with Crippen LogP contribution >= 0.6 is 0 Å². The van der Waals surface area contributed by atoms with Gasteiger partial charge in [-0.2, -0.15) is 0 Å². The van der Waals surface area contributed by atoms with Gasteiger partial charge in [-0.05, 0) is 55.6 Å². The molecule has 3 aromatic carbocycles. The number of likely N-dealkylation sites (N-methyl/N-ethyl adjacent to an activating group) is 1. The van der Waals surface area contributed by atoms with Gasteiger partial charge >= 0.3 is 0 Å². The lowest BCUT2D eigenvalue weighted by Crippen LogP contribution is -2.45. The number of nitrogens with one attached hydrogen (secondary N) is 2. The third-order valence-corrected chi connectivity index (χ3v) is 4.99. The predicted octanol–water partition coefficient (Wildman–Crippen LogP) is 4.11. The molecule has 1 unspecified atom stereocenters. The topological polar surface area (TPSA) is 135 Å². The van der Waals surface area contributed by atoms with Gasteiger partial charge in [0.05, 0.1) is 13.7 Å². The summed E-state index contributed by atoms with van der Waals surface area (Å²) in [5.41, 5.74) is 0.613. The molecule has 0 bridgehead atoms. The minimum absolute atomic E-state index is 0.0231. The molecule has 0 radical (unpaired) electrons. The second-order valence-electron chi connectivity index (χ2n) is 7.48. The highest BCUT2D eigenvalue weighted by atomic mass is 16.5. The molecule has 0 fully saturated rings. The lowest BCUT2D eigenvalue weighted by atomic mass is 10.2. The SMILES string of the molecule is COc1ccccc1OCC(C(=N)N=NN)N(C)CC(=O)Nc1ccc(Oc2ccccc2)cc1. The van der Waals surface area contributed by atoms with E-state index >= 15 is 0 Å². The summed E-state index contributed by atoms with van der Waals surface area (Å²) in [5.74, 6) is 7.16. The molecular weight excluding hydrogens is 448 g/mol. The maximum atomic E-state index is 12.7. The molecule has 0 heterocycles. The van der Waals surface area contributed by atoms with E-state index in [0.717, 1.165) is 5.75 Å². The standard InChI is InChI=1S/C25H28N6O4/c1-31(21(25(26)29-30-27)17-34-23-11-7-6-10-22(23)33-2)16-24(32)28-18-12-14-20(15-13-18)35-19-8-4-3-5-9-19/h3-15,21H,16-17H2,1-2H3,(H,28,32)(H3,26,27,29). The summed E-state index contributed by atoms with van der Waals surface area (Å²) in [4.78, 5) is 14.3. The van der Waals surface area contributed by atoms with Crippen LogP contribution in [0.3, 0.4) is 0 Å². The molecular formula is C25H28N6O4. The van der Waals surface area contributed by atoms with Crippen molar-refractivity contribution < 1.29 is 19.0 Å². The summed E-state index contributed by atoms with van der Waals surface area (Å²) in [6.45, 7) is 0.0121. The van der Waals surface area contributed by atoms with E-state index in [1.165, 1.54) is 0 Å². The first-order chi connectivity index (χ1) is 17.0. The molecule has 0 spiro atoms. The number of hydrogen-bond acceptors (Lipinski definition) is 7. The summed E-state index contributed by atoms with van der Waals surface area (Å²) < 4.78 is 16.9. The van der Waals surface area contributed by atoms with Gasteiger partial charge < -0.3 is 25.4 Å². The summed E-state index contributed by atoms with van der Waals surface area (Å²) in [7, 11) is 3.23. The van der Waals surface area contributed by atoms with Crippen molar-refractivity contribution in [2.75, 3.05) is 32.6 Å². The Bertz CT molecular complexity index is 1140. The van der Waals surface area contributed by atoms with E-state index in [9.17, 15) is 4.79 Å². The number of ether oxygens (including phenoxy) is 3. The van der Waals surface area contributed by atoms with Crippen LogP contribution in [0.5, 0.6) is 23.0 Å². The van der Waals surface area contributed by atoms with Crippen molar-refractivity contribution in [2.45, 2.75) is 6.04 Å². The van der Waals surface area contributed by atoms with E-state index in [4.69, 9.17) is 25.5 Å². The maximum absolute atomic E-state index is 12.7. The van der Waals surface area contributed by atoms with Crippen molar-refractivity contribution in [3.8, 4) is 23.0 Å². The number of benzene rings is 3. The Morgan fingerprint density at radius 1 is 1.00 bits per heavy atom. The lowest BCUT2D eigenvalue weighted by Gasteiger charge is -2.26. The largest absolute Gasteiger partial charge is 0.493 e. The van der Waals surface area contributed by atoms with Crippen molar-refractivity contribution >= 4 is 17.4 Å². The van der Waals surface area contributed by atoms with E-state index in [1.807, 2.05) is 42.5 Å². The Morgan fingerprint density at radius 2 is 1.63 bits per heavy atom.